The van der Waals surface area contributed by atoms with Gasteiger partial charge in [-0.1, -0.05) is 43.7 Å². The van der Waals surface area contributed by atoms with Crippen molar-refractivity contribution in [3.05, 3.63) is 41.5 Å². The third kappa shape index (κ3) is 3.57. The molecular weight excluding hydrogens is 342 g/mol. The smallest absolute Gasteiger partial charge is 0.407 e. The van der Waals surface area contributed by atoms with E-state index in [4.69, 9.17) is 9.47 Å². The Morgan fingerprint density at radius 2 is 2.07 bits per heavy atom. The topological polar surface area (TPSA) is 67.8 Å². The Hall–Kier alpha value is -2.01. The quantitative estimate of drug-likeness (QED) is 0.766. The molecule has 1 amide bonds. The Bertz CT molecular complexity index is 729. The Balaban J connectivity index is 1.87. The number of ether oxygens (including phenoxy) is 2. The van der Waals surface area contributed by atoms with E-state index in [-0.39, 0.29) is 47.2 Å². The number of benzene rings is 1. The monoisotopic (exact) mass is 373 g/mol. The molecular formula is C22H31NO4. The highest BCUT2D eigenvalue weighted by Crippen LogP contribution is 2.57. The normalized spacial score (nSPS) is 32.7. The zero-order valence-corrected chi connectivity index (χ0v) is 16.9. The van der Waals surface area contributed by atoms with Crippen molar-refractivity contribution >= 4 is 6.09 Å². The number of fused-ring (bicyclic) bond motifs is 2. The molecule has 5 nitrogen and oxygen atoms in total. The van der Waals surface area contributed by atoms with E-state index in [9.17, 15) is 9.90 Å². The van der Waals surface area contributed by atoms with Crippen LogP contribution in [0.4, 0.5) is 4.79 Å². The maximum atomic E-state index is 12.0. The lowest BCUT2D eigenvalue weighted by molar-refractivity contribution is -0.166. The largest absolute Gasteiger partial charge is 0.508 e. The van der Waals surface area contributed by atoms with Crippen LogP contribution in [0, 0.1) is 23.2 Å². The van der Waals surface area contributed by atoms with Crippen molar-refractivity contribution in [2.45, 2.75) is 46.8 Å². The number of phenolic OH excluding ortho intramolecular Hbond substituents is 1. The van der Waals surface area contributed by atoms with Crippen molar-refractivity contribution in [3.8, 4) is 5.75 Å². The number of hydrogen-bond donors (Lipinski definition) is 2. The molecule has 1 aromatic rings. The predicted octanol–water partition coefficient (Wildman–Crippen LogP) is 4.43. The Labute approximate surface area is 161 Å². The number of aromatic hydroxyl groups is 1. The molecule has 0 saturated carbocycles. The van der Waals surface area contributed by atoms with Crippen LogP contribution < -0.4 is 5.32 Å². The minimum atomic E-state index is -0.385. The molecule has 2 bridgehead atoms. The maximum Gasteiger partial charge on any atom is 0.407 e. The number of amides is 1. The van der Waals surface area contributed by atoms with Gasteiger partial charge < -0.3 is 19.9 Å². The molecule has 0 unspecified atom stereocenters. The Morgan fingerprint density at radius 3 is 2.74 bits per heavy atom. The van der Waals surface area contributed by atoms with E-state index in [2.05, 4.69) is 32.2 Å². The summed E-state index contributed by atoms with van der Waals surface area (Å²) in [4.78, 5) is 12.0. The van der Waals surface area contributed by atoms with Crippen LogP contribution in [0.5, 0.6) is 5.75 Å². The lowest BCUT2D eigenvalue weighted by Gasteiger charge is -2.55. The molecule has 1 aliphatic carbocycles. The molecule has 0 spiro atoms. The molecule has 1 aliphatic heterocycles. The zero-order valence-electron chi connectivity index (χ0n) is 16.9. The van der Waals surface area contributed by atoms with Gasteiger partial charge in [-0.2, -0.15) is 0 Å². The highest BCUT2D eigenvalue weighted by molar-refractivity contribution is 5.67. The molecule has 0 radical (unpaired) electrons. The van der Waals surface area contributed by atoms with Gasteiger partial charge in [0.15, 0.2) is 0 Å². The van der Waals surface area contributed by atoms with Crippen LogP contribution in [0.2, 0.25) is 0 Å². The van der Waals surface area contributed by atoms with Gasteiger partial charge in [-0.25, -0.2) is 4.79 Å². The van der Waals surface area contributed by atoms with Crippen LogP contribution in [0.3, 0.4) is 0 Å². The molecule has 1 aromatic carbocycles. The second-order valence-corrected chi connectivity index (χ2v) is 8.41. The van der Waals surface area contributed by atoms with Gasteiger partial charge in [0.1, 0.15) is 12.4 Å². The van der Waals surface area contributed by atoms with Gasteiger partial charge in [-0.15, -0.1) is 0 Å². The average molecular weight is 373 g/mol. The van der Waals surface area contributed by atoms with E-state index in [0.717, 1.165) is 5.56 Å². The number of carbonyl (C=O) groups is 1. The van der Waals surface area contributed by atoms with Gasteiger partial charge in [0.05, 0.1) is 12.7 Å². The predicted molar refractivity (Wildman–Crippen MR) is 104 cm³/mol. The fraction of sp³-hybridized carbons (Fsp3) is 0.591. The van der Waals surface area contributed by atoms with E-state index in [1.165, 1.54) is 5.57 Å². The van der Waals surface area contributed by atoms with E-state index in [1.54, 1.807) is 6.07 Å². The Kier molecular flexibility index (Phi) is 5.52. The van der Waals surface area contributed by atoms with Crippen LogP contribution in [-0.4, -0.2) is 30.5 Å². The highest BCUT2D eigenvalue weighted by Gasteiger charge is 2.54. The van der Waals surface area contributed by atoms with Crippen LogP contribution in [0.15, 0.2) is 35.9 Å². The number of hydrogen-bond acceptors (Lipinski definition) is 4. The molecule has 2 aliphatic rings. The second-order valence-electron chi connectivity index (χ2n) is 8.41. The first-order valence-corrected chi connectivity index (χ1v) is 9.77. The second kappa shape index (κ2) is 7.55. The van der Waals surface area contributed by atoms with Gasteiger partial charge in [0, 0.05) is 22.9 Å². The van der Waals surface area contributed by atoms with Crippen molar-refractivity contribution < 1.29 is 19.4 Å². The van der Waals surface area contributed by atoms with Crippen LogP contribution >= 0.6 is 0 Å². The van der Waals surface area contributed by atoms with Crippen molar-refractivity contribution in [3.63, 3.8) is 0 Å². The van der Waals surface area contributed by atoms with E-state index in [0.29, 0.717) is 13.2 Å². The highest BCUT2D eigenvalue weighted by atomic mass is 16.6. The molecule has 1 saturated heterocycles. The van der Waals surface area contributed by atoms with Crippen molar-refractivity contribution in [1.29, 1.82) is 0 Å². The summed E-state index contributed by atoms with van der Waals surface area (Å²) in [6.45, 7) is 11.2. The summed E-state index contributed by atoms with van der Waals surface area (Å²) in [7, 11) is 0. The first kappa shape index (κ1) is 19.7. The average Bonchev–Trinajstić information content (AvgIpc) is 2.59. The molecule has 27 heavy (non-hydrogen) atoms. The molecule has 1 heterocycles. The third-order valence-electron chi connectivity index (χ3n) is 6.37. The lowest BCUT2D eigenvalue weighted by Crippen LogP contribution is -2.55. The Morgan fingerprint density at radius 1 is 1.37 bits per heavy atom. The minimum absolute atomic E-state index is 0.0409. The zero-order chi connectivity index (χ0) is 19.8. The third-order valence-corrected chi connectivity index (χ3v) is 6.37. The standard InChI is InChI=1S/C22H31NO4/c1-13(2)23-21(25)27-12-22-11-26-20(17-8-6-7-9-18(17)24)19(16(22)5)14(3)10-15(22)4/h6-10,13,15-16,19-20,24H,11-12H2,1-5H3,(H,23,25)/t15-,16-,19+,20-,22-/m1/s1. The fourth-order valence-electron chi connectivity index (χ4n) is 4.74. The van der Waals surface area contributed by atoms with E-state index in [1.807, 2.05) is 32.0 Å². The fourth-order valence-corrected chi connectivity index (χ4v) is 4.74. The molecule has 0 aromatic heterocycles. The number of nitrogens with one attached hydrogen (secondary N) is 1. The van der Waals surface area contributed by atoms with Crippen LogP contribution in [-0.2, 0) is 9.47 Å². The summed E-state index contributed by atoms with van der Waals surface area (Å²) in [6.07, 6.45) is 1.70. The van der Waals surface area contributed by atoms with Crippen LogP contribution in [0.25, 0.3) is 0 Å². The summed E-state index contributed by atoms with van der Waals surface area (Å²) in [6, 6.07) is 7.42. The number of rotatable bonds is 4. The number of carbonyl (C=O) groups excluding carboxylic acids is 1. The number of para-hydroxylation sites is 1. The molecule has 3 rings (SSSR count). The van der Waals surface area contributed by atoms with Crippen LogP contribution in [0.1, 0.15) is 46.3 Å². The summed E-state index contributed by atoms with van der Waals surface area (Å²) >= 11 is 0. The van der Waals surface area contributed by atoms with Crippen molar-refractivity contribution in [1.82, 2.24) is 5.32 Å². The lowest BCUT2D eigenvalue weighted by atomic mass is 9.56. The first-order valence-electron chi connectivity index (χ1n) is 9.77. The van der Waals surface area contributed by atoms with Gasteiger partial charge >= 0.3 is 6.09 Å². The molecule has 5 atom stereocenters. The maximum absolute atomic E-state index is 12.0. The summed E-state index contributed by atoms with van der Waals surface area (Å²) in [5.74, 6) is 0.893. The van der Waals surface area contributed by atoms with Crippen molar-refractivity contribution in [2.24, 2.45) is 23.2 Å². The molecule has 148 valence electrons. The molecule has 1 fully saturated rings. The van der Waals surface area contributed by atoms with Gasteiger partial charge in [-0.05, 0) is 38.7 Å². The summed E-state index contributed by atoms with van der Waals surface area (Å²) in [5.41, 5.74) is 1.83. The number of alkyl carbamates (subject to hydrolysis) is 1. The number of phenols is 1. The molecule has 2 N–H and O–H groups in total. The minimum Gasteiger partial charge on any atom is -0.508 e. The van der Waals surface area contributed by atoms with Crippen molar-refractivity contribution in [2.75, 3.05) is 13.2 Å². The van der Waals surface area contributed by atoms with Gasteiger partial charge in [0.25, 0.3) is 0 Å². The van der Waals surface area contributed by atoms with E-state index >= 15 is 0 Å². The SMILES string of the molecule is CC1=C[C@@H](C)[C@]2(COC(=O)NC(C)C)CO[C@H](c3ccccc3O)[C@@H]1[C@H]2C. The first-order chi connectivity index (χ1) is 12.8. The molecule has 5 heteroatoms. The summed E-state index contributed by atoms with van der Waals surface area (Å²) < 4.78 is 11.9. The van der Waals surface area contributed by atoms with Gasteiger partial charge in [0.2, 0.25) is 0 Å². The van der Waals surface area contributed by atoms with E-state index < -0.39 is 0 Å². The van der Waals surface area contributed by atoms with Gasteiger partial charge in [-0.3, -0.25) is 0 Å². The number of allylic oxidation sites excluding steroid dienone is 1. The summed E-state index contributed by atoms with van der Waals surface area (Å²) in [5, 5.41) is 13.1.